The molecule has 0 N–H and O–H groups in total. The van der Waals surface area contributed by atoms with E-state index in [0.717, 1.165) is 0 Å². The Kier molecular flexibility index (Phi) is 173. The van der Waals surface area contributed by atoms with E-state index in [0.29, 0.717) is 0 Å². The molecular formula is C8H24Se2Sn4. The molecule has 14 heavy (non-hydrogen) atoms. The molecule has 0 bridgehead atoms. The number of hydrogen-bond donors (Lipinski definition) is 0. The van der Waals surface area contributed by atoms with Crippen molar-refractivity contribution in [1.29, 1.82) is 0 Å². The molecule has 0 unspecified atom stereocenters. The summed E-state index contributed by atoms with van der Waals surface area (Å²) in [4.78, 5) is 18.4. The number of hydrogen-bond acceptors (Lipinski definition) is 0. The van der Waals surface area contributed by atoms with E-state index in [4.69, 9.17) is 0 Å². The van der Waals surface area contributed by atoms with E-state index in [1.807, 2.05) is 0 Å². The minimum atomic E-state index is 0. The van der Waals surface area contributed by atoms with Crippen LogP contribution in [0.15, 0.2) is 0 Å². The van der Waals surface area contributed by atoms with Crippen molar-refractivity contribution in [1.82, 2.24) is 0 Å². The largest absolute Gasteiger partial charge is 0 e. The molecule has 0 spiro atoms. The molecule has 0 heterocycles. The van der Waals surface area contributed by atoms with Gasteiger partial charge in [0.2, 0.25) is 0 Å². The van der Waals surface area contributed by atoms with Gasteiger partial charge in [0, 0.05) is 34.1 Å². The van der Waals surface area contributed by atoms with Crippen LogP contribution in [0.1, 0.15) is 0 Å². The van der Waals surface area contributed by atoms with Crippen LogP contribution in [-0.4, -0.2) is 119 Å². The second kappa shape index (κ2) is 67.0. The molecule has 12 radical (unpaired) electrons. The van der Waals surface area contributed by atoms with Crippen LogP contribution >= 0.6 is 0 Å². The van der Waals surface area contributed by atoms with Crippen molar-refractivity contribution in [3.63, 3.8) is 0 Å². The van der Waals surface area contributed by atoms with E-state index in [1.54, 1.807) is 0 Å². The first-order valence-electron chi connectivity index (χ1n) is 4.00. The van der Waals surface area contributed by atoms with Gasteiger partial charge in [0.1, 0.15) is 0 Å². The Morgan fingerprint density at radius 2 is 0.357 bits per heavy atom. The molecule has 0 aromatic carbocycles. The first-order chi connectivity index (χ1) is 5.66. The second-order valence-electron chi connectivity index (χ2n) is 2.00. The minimum Gasteiger partial charge on any atom is 0 e. The average molecular weight is 753 g/mol. The molecular weight excluding hydrogens is 729 g/mol. The fraction of sp³-hybridized carbons (Fsp3) is 1.00. The zero-order valence-corrected chi connectivity index (χ0v) is 25.7. The van der Waals surface area contributed by atoms with Gasteiger partial charge in [0.05, 0.1) is 0 Å². The van der Waals surface area contributed by atoms with Crippen molar-refractivity contribution in [2.45, 2.75) is 39.5 Å². The van der Waals surface area contributed by atoms with Crippen LogP contribution < -0.4 is 0 Å². The zero-order chi connectivity index (χ0) is 10.8. The summed E-state index contributed by atoms with van der Waals surface area (Å²) in [6.07, 6.45) is 0. The molecule has 84 valence electrons. The van der Waals surface area contributed by atoms with Crippen molar-refractivity contribution in [2.24, 2.45) is 0 Å². The molecule has 0 fully saturated rings. The van der Waals surface area contributed by atoms with E-state index < -0.39 is 0 Å². The predicted octanol–water partition coefficient (Wildman–Crippen LogP) is 2.39. The summed E-state index contributed by atoms with van der Waals surface area (Å²) in [5.74, 6) is 0. The van der Waals surface area contributed by atoms with Gasteiger partial charge < -0.3 is 0 Å². The SMILES string of the molecule is [CH3][Sn][CH3].[CH3][Sn][CH3].[CH3][Sn][CH3].[CH3][Sn][CH3].[Se].[Se]. The first kappa shape index (κ1) is 36.2. The van der Waals surface area contributed by atoms with Crippen molar-refractivity contribution >= 4 is 119 Å². The van der Waals surface area contributed by atoms with Crippen LogP contribution in [0.25, 0.3) is 0 Å². The van der Waals surface area contributed by atoms with Gasteiger partial charge in [-0.2, -0.15) is 0 Å². The molecule has 0 aliphatic heterocycles. The molecule has 0 atom stereocenters. The van der Waals surface area contributed by atoms with Crippen LogP contribution in [0.5, 0.6) is 0 Å². The molecule has 0 aromatic rings. The van der Waals surface area contributed by atoms with E-state index in [-0.39, 0.29) is 119 Å². The fourth-order valence-corrected chi connectivity index (χ4v) is 0. The maximum absolute atomic E-state index is 2.30. The average Bonchev–Trinajstić information content (AvgIpc) is 1.92. The van der Waals surface area contributed by atoms with Crippen LogP contribution in [0.4, 0.5) is 0 Å². The van der Waals surface area contributed by atoms with Gasteiger partial charge in [-0.05, 0) is 0 Å². The smallest absolute Gasteiger partial charge is 0 e. The maximum Gasteiger partial charge on any atom is 0 e. The summed E-state index contributed by atoms with van der Waals surface area (Å²) in [6, 6.07) is 0. The maximum atomic E-state index is 2.30. The van der Waals surface area contributed by atoms with Gasteiger partial charge in [-0.25, -0.2) is 0 Å². The Labute approximate surface area is 155 Å². The second-order valence-corrected chi connectivity index (χ2v) is 13.4. The molecule has 0 saturated carbocycles. The van der Waals surface area contributed by atoms with Crippen LogP contribution in [0.2, 0.25) is 39.5 Å². The van der Waals surface area contributed by atoms with Crippen molar-refractivity contribution in [2.75, 3.05) is 0 Å². The van der Waals surface area contributed by atoms with Gasteiger partial charge >= 0.3 is 124 Å². The Morgan fingerprint density at radius 3 is 0.357 bits per heavy atom. The topological polar surface area (TPSA) is 0 Å². The third-order valence-electron chi connectivity index (χ3n) is 0. The van der Waals surface area contributed by atoms with Crippen molar-refractivity contribution in [3.8, 4) is 0 Å². The molecule has 0 amide bonds. The van der Waals surface area contributed by atoms with Gasteiger partial charge in [-0.3, -0.25) is 0 Å². The molecule has 0 nitrogen and oxygen atoms in total. The molecule has 0 saturated heterocycles. The monoisotopic (exact) mass is 760 g/mol. The zero-order valence-electron chi connectivity index (χ0n) is 10.8. The summed E-state index contributed by atoms with van der Waals surface area (Å²) >= 11 is 0.920. The molecule has 0 aliphatic rings. The first-order valence-corrected chi connectivity index (χ1v) is 26.8. The Morgan fingerprint density at radius 1 is 0.357 bits per heavy atom. The quantitative estimate of drug-likeness (QED) is 0.334. The summed E-state index contributed by atoms with van der Waals surface area (Å²) in [7, 11) is 0. The summed E-state index contributed by atoms with van der Waals surface area (Å²) in [5.41, 5.74) is 0. The third kappa shape index (κ3) is 210. The van der Waals surface area contributed by atoms with Gasteiger partial charge in [0.15, 0.2) is 0 Å². The van der Waals surface area contributed by atoms with Gasteiger partial charge in [0.25, 0.3) is 0 Å². The normalized spacial score (nSPS) is 5.14. The Balaban J connectivity index is -0.0000000145. The molecule has 6 heteroatoms. The molecule has 0 aromatic heterocycles. The van der Waals surface area contributed by atoms with E-state index in [2.05, 4.69) is 39.5 Å². The van der Waals surface area contributed by atoms with Crippen molar-refractivity contribution in [3.05, 3.63) is 0 Å². The minimum absolute atomic E-state index is 0. The molecule has 0 rings (SSSR count). The van der Waals surface area contributed by atoms with Crippen LogP contribution in [0.3, 0.4) is 0 Å². The van der Waals surface area contributed by atoms with Crippen molar-refractivity contribution < 1.29 is 0 Å². The van der Waals surface area contributed by atoms with Crippen LogP contribution in [-0.2, 0) is 0 Å². The number of rotatable bonds is 0. The summed E-state index contributed by atoms with van der Waals surface area (Å²) in [6.45, 7) is 0. The standard InChI is InChI=1S/8CH3.2Se.4Sn/h8*1H3;;;;;;. The predicted molar refractivity (Wildman–Crippen MR) is 81.4 cm³/mol. The van der Waals surface area contributed by atoms with E-state index >= 15 is 0 Å². The van der Waals surface area contributed by atoms with E-state index in [1.165, 1.54) is 0 Å². The van der Waals surface area contributed by atoms with Crippen LogP contribution in [0, 0.1) is 0 Å². The summed E-state index contributed by atoms with van der Waals surface area (Å²) in [5, 5.41) is 0. The fourth-order valence-electron chi connectivity index (χ4n) is 0. The Bertz CT molecular complexity index is 27.3. The third-order valence-corrected chi connectivity index (χ3v) is 0. The van der Waals surface area contributed by atoms with Gasteiger partial charge in [-0.15, -0.1) is 0 Å². The van der Waals surface area contributed by atoms with Gasteiger partial charge in [-0.1, -0.05) is 0 Å². The van der Waals surface area contributed by atoms with E-state index in [9.17, 15) is 0 Å². The molecule has 0 aliphatic carbocycles. The Hall–Kier alpha value is 4.23. The summed E-state index contributed by atoms with van der Waals surface area (Å²) < 4.78 is 0.